The maximum Gasteiger partial charge on any atom is 0.221 e. The lowest BCUT2D eigenvalue weighted by molar-refractivity contribution is -0.114. The molecular weight excluding hydrogens is 236 g/mol. The zero-order valence-corrected chi connectivity index (χ0v) is 10.3. The number of rotatable bonds is 2. The van der Waals surface area contributed by atoms with Gasteiger partial charge in [-0.3, -0.25) is 10.1 Å². The minimum atomic E-state index is -0.161. The first-order valence-electron chi connectivity index (χ1n) is 4.81. The molecule has 0 fully saturated rings. The number of nitrogens with one attached hydrogen (secondary N) is 2. The van der Waals surface area contributed by atoms with Gasteiger partial charge in [-0.15, -0.1) is 0 Å². The van der Waals surface area contributed by atoms with Gasteiger partial charge in [-0.05, 0) is 18.4 Å². The number of para-hydroxylation sites is 2. The molecule has 17 heavy (non-hydrogen) atoms. The summed E-state index contributed by atoms with van der Waals surface area (Å²) in [6.45, 7) is 1.43. The number of hydrogen-bond acceptors (Lipinski definition) is 4. The van der Waals surface area contributed by atoms with Crippen molar-refractivity contribution in [3.05, 3.63) is 24.3 Å². The van der Waals surface area contributed by atoms with E-state index in [0.29, 0.717) is 16.5 Å². The van der Waals surface area contributed by atoms with E-state index in [4.69, 9.17) is 5.26 Å². The van der Waals surface area contributed by atoms with Gasteiger partial charge in [-0.1, -0.05) is 23.9 Å². The highest BCUT2D eigenvalue weighted by atomic mass is 32.2. The number of amides is 1. The Hall–Kier alpha value is -2.00. The quantitative estimate of drug-likeness (QED) is 0.363. The van der Waals surface area contributed by atoms with E-state index in [1.807, 2.05) is 18.5 Å². The van der Waals surface area contributed by atoms with Crippen LogP contribution in [0, 0.1) is 11.5 Å². The molecule has 0 atom stereocenters. The molecule has 0 aliphatic carbocycles. The first-order valence-corrected chi connectivity index (χ1v) is 6.04. The van der Waals surface area contributed by atoms with Crippen LogP contribution in [0.3, 0.4) is 0 Å². The Kier molecular flexibility index (Phi) is 5.04. The summed E-state index contributed by atoms with van der Waals surface area (Å²) in [6.07, 6.45) is 3.62. The topological polar surface area (TPSA) is 77.3 Å². The van der Waals surface area contributed by atoms with Crippen molar-refractivity contribution in [2.45, 2.75) is 6.92 Å². The number of carbonyl (C=O) groups excluding carboxylic acids is 1. The van der Waals surface area contributed by atoms with Gasteiger partial charge < -0.3 is 5.32 Å². The van der Waals surface area contributed by atoms with Gasteiger partial charge in [0.05, 0.1) is 11.4 Å². The normalized spacial score (nSPS) is 10.5. The second kappa shape index (κ2) is 6.55. The molecule has 5 nitrogen and oxygen atoms in total. The molecule has 0 unspecified atom stereocenters. The first kappa shape index (κ1) is 13.1. The molecular formula is C11H12N4OS. The molecule has 1 rings (SSSR count). The number of amidine groups is 1. The van der Waals surface area contributed by atoms with E-state index in [1.54, 1.807) is 18.2 Å². The summed E-state index contributed by atoms with van der Waals surface area (Å²) in [4.78, 5) is 15.3. The maximum absolute atomic E-state index is 11.0. The molecule has 0 heterocycles. The van der Waals surface area contributed by atoms with E-state index in [-0.39, 0.29) is 5.91 Å². The van der Waals surface area contributed by atoms with Crippen molar-refractivity contribution in [2.24, 2.45) is 4.99 Å². The van der Waals surface area contributed by atoms with Gasteiger partial charge in [0, 0.05) is 6.92 Å². The van der Waals surface area contributed by atoms with Crippen molar-refractivity contribution in [1.29, 1.82) is 5.26 Å². The first-order chi connectivity index (χ1) is 8.17. The van der Waals surface area contributed by atoms with Crippen LogP contribution in [0.1, 0.15) is 6.92 Å². The highest BCUT2D eigenvalue weighted by molar-refractivity contribution is 8.13. The van der Waals surface area contributed by atoms with Crippen LogP contribution in [0.5, 0.6) is 0 Å². The molecule has 0 aromatic heterocycles. The Bertz CT molecular complexity index is 479. The summed E-state index contributed by atoms with van der Waals surface area (Å²) in [6, 6.07) is 7.14. The largest absolute Gasteiger partial charge is 0.324 e. The van der Waals surface area contributed by atoms with Gasteiger partial charge in [0.15, 0.2) is 11.4 Å². The van der Waals surface area contributed by atoms with Crippen molar-refractivity contribution in [3.8, 4) is 6.19 Å². The van der Waals surface area contributed by atoms with E-state index >= 15 is 0 Å². The Balaban J connectivity index is 3.04. The van der Waals surface area contributed by atoms with Gasteiger partial charge in [0.25, 0.3) is 0 Å². The molecule has 0 radical (unpaired) electrons. The number of nitriles is 1. The lowest BCUT2D eigenvalue weighted by Gasteiger charge is -2.06. The smallest absolute Gasteiger partial charge is 0.221 e. The Morgan fingerprint density at radius 3 is 2.76 bits per heavy atom. The van der Waals surface area contributed by atoms with Crippen LogP contribution in [0.25, 0.3) is 0 Å². The number of aliphatic imine (C=N–C) groups is 1. The van der Waals surface area contributed by atoms with Crippen molar-refractivity contribution in [2.75, 3.05) is 11.6 Å². The Morgan fingerprint density at radius 1 is 1.47 bits per heavy atom. The predicted octanol–water partition coefficient (Wildman–Crippen LogP) is 2.07. The van der Waals surface area contributed by atoms with E-state index in [2.05, 4.69) is 15.6 Å². The van der Waals surface area contributed by atoms with Crippen LogP contribution in [0.4, 0.5) is 11.4 Å². The fourth-order valence-electron chi connectivity index (χ4n) is 1.15. The second-order valence-electron chi connectivity index (χ2n) is 3.06. The Morgan fingerprint density at radius 2 is 2.18 bits per heavy atom. The third kappa shape index (κ3) is 4.17. The number of anilines is 1. The minimum absolute atomic E-state index is 0.161. The summed E-state index contributed by atoms with van der Waals surface area (Å²) in [5.41, 5.74) is 1.22. The average Bonchev–Trinajstić information content (AvgIpc) is 2.30. The molecule has 1 aromatic carbocycles. The summed E-state index contributed by atoms with van der Waals surface area (Å²) in [5, 5.41) is 14.2. The molecule has 0 saturated heterocycles. The minimum Gasteiger partial charge on any atom is -0.324 e. The molecule has 0 spiro atoms. The number of carbonyl (C=O) groups is 1. The third-order valence-electron chi connectivity index (χ3n) is 1.79. The maximum atomic E-state index is 11.0. The standard InChI is InChI=1S/C11H12N4OS/c1-8(16)14-9-5-3-4-6-10(9)15-11(17-2)13-7-12/h3-6H,1-2H3,(H,13,15)(H,14,16). The van der Waals surface area contributed by atoms with Gasteiger partial charge in [-0.25, -0.2) is 4.99 Å². The zero-order valence-electron chi connectivity index (χ0n) is 9.52. The molecule has 0 bridgehead atoms. The third-order valence-corrected chi connectivity index (χ3v) is 2.37. The number of hydrogen-bond donors (Lipinski definition) is 2. The molecule has 0 aliphatic rings. The van der Waals surface area contributed by atoms with E-state index in [9.17, 15) is 4.79 Å². The highest BCUT2D eigenvalue weighted by Crippen LogP contribution is 2.25. The fourth-order valence-corrected chi connectivity index (χ4v) is 1.49. The molecule has 1 amide bonds. The van der Waals surface area contributed by atoms with E-state index in [0.717, 1.165) is 0 Å². The van der Waals surface area contributed by atoms with Gasteiger partial charge in [-0.2, -0.15) is 5.26 Å². The average molecular weight is 248 g/mol. The van der Waals surface area contributed by atoms with Crippen LogP contribution >= 0.6 is 11.8 Å². The Labute approximate surface area is 104 Å². The van der Waals surface area contributed by atoms with Crippen LogP contribution in [0.15, 0.2) is 29.3 Å². The fraction of sp³-hybridized carbons (Fsp3) is 0.182. The van der Waals surface area contributed by atoms with Crippen molar-refractivity contribution >= 4 is 34.2 Å². The van der Waals surface area contributed by atoms with E-state index in [1.165, 1.54) is 18.7 Å². The lowest BCUT2D eigenvalue weighted by Crippen LogP contribution is -2.13. The number of thioether (sulfide) groups is 1. The number of benzene rings is 1. The highest BCUT2D eigenvalue weighted by Gasteiger charge is 2.03. The molecule has 6 heteroatoms. The van der Waals surface area contributed by atoms with Crippen LogP contribution in [-0.2, 0) is 4.79 Å². The van der Waals surface area contributed by atoms with Crippen molar-refractivity contribution < 1.29 is 4.79 Å². The summed E-state index contributed by atoms with van der Waals surface area (Å²) in [5.74, 6) is -0.161. The predicted molar refractivity (Wildman–Crippen MR) is 70.1 cm³/mol. The van der Waals surface area contributed by atoms with Crippen LogP contribution in [0.2, 0.25) is 0 Å². The molecule has 1 aromatic rings. The van der Waals surface area contributed by atoms with Gasteiger partial charge in [0.1, 0.15) is 0 Å². The van der Waals surface area contributed by atoms with Gasteiger partial charge in [0.2, 0.25) is 5.91 Å². The summed E-state index contributed by atoms with van der Waals surface area (Å²) < 4.78 is 0. The summed E-state index contributed by atoms with van der Waals surface area (Å²) >= 11 is 1.32. The molecule has 0 aliphatic heterocycles. The molecule has 0 saturated carbocycles. The van der Waals surface area contributed by atoms with Crippen molar-refractivity contribution in [1.82, 2.24) is 5.32 Å². The van der Waals surface area contributed by atoms with Crippen LogP contribution < -0.4 is 10.6 Å². The zero-order chi connectivity index (χ0) is 12.7. The summed E-state index contributed by atoms with van der Waals surface area (Å²) in [7, 11) is 0. The molecule has 2 N–H and O–H groups in total. The SMILES string of the molecule is CSC(=Nc1ccccc1NC(C)=O)NC#N. The van der Waals surface area contributed by atoms with Crippen molar-refractivity contribution in [3.63, 3.8) is 0 Å². The second-order valence-corrected chi connectivity index (χ2v) is 3.85. The van der Waals surface area contributed by atoms with Crippen LogP contribution in [-0.4, -0.2) is 17.3 Å². The molecule has 88 valence electrons. The van der Waals surface area contributed by atoms with E-state index < -0.39 is 0 Å². The van der Waals surface area contributed by atoms with Gasteiger partial charge >= 0.3 is 0 Å². The monoisotopic (exact) mass is 248 g/mol. The number of nitrogens with zero attached hydrogens (tertiary/aromatic N) is 2. The lowest BCUT2D eigenvalue weighted by atomic mass is 10.2.